The van der Waals surface area contributed by atoms with Gasteiger partial charge in [-0.25, -0.2) is 0 Å². The largest absolute Gasteiger partial charge is 0.391 e. The summed E-state index contributed by atoms with van der Waals surface area (Å²) in [6.45, 7) is 6.31. The van der Waals surface area contributed by atoms with Gasteiger partial charge in [-0.2, -0.15) is 0 Å². The molecule has 1 saturated heterocycles. The molecule has 5 heteroatoms. The van der Waals surface area contributed by atoms with E-state index in [1.165, 1.54) is 12.8 Å². The van der Waals surface area contributed by atoms with Crippen LogP contribution in [0.4, 0.5) is 0 Å². The highest BCUT2D eigenvalue weighted by molar-refractivity contribution is 5.06. The van der Waals surface area contributed by atoms with Crippen LogP contribution < -0.4 is 0 Å². The van der Waals surface area contributed by atoms with E-state index in [4.69, 9.17) is 0 Å². The molecular formula is C14H24N4O. The molecule has 2 aliphatic heterocycles. The molecule has 2 unspecified atom stereocenters. The number of nitrogens with zero attached hydrogens (tertiary/aromatic N) is 4. The van der Waals surface area contributed by atoms with Crippen molar-refractivity contribution >= 4 is 0 Å². The van der Waals surface area contributed by atoms with Crippen LogP contribution in [-0.2, 0) is 13.0 Å². The van der Waals surface area contributed by atoms with Crippen molar-refractivity contribution < 1.29 is 5.11 Å². The fourth-order valence-corrected chi connectivity index (χ4v) is 3.43. The minimum atomic E-state index is -0.238. The van der Waals surface area contributed by atoms with Crippen LogP contribution in [0.1, 0.15) is 57.2 Å². The molecule has 19 heavy (non-hydrogen) atoms. The predicted molar refractivity (Wildman–Crippen MR) is 72.8 cm³/mol. The monoisotopic (exact) mass is 264 g/mol. The fourth-order valence-electron chi connectivity index (χ4n) is 3.43. The summed E-state index contributed by atoms with van der Waals surface area (Å²) in [7, 11) is 0. The maximum Gasteiger partial charge on any atom is 0.150 e. The number of piperidine rings is 1. The summed E-state index contributed by atoms with van der Waals surface area (Å²) in [5.74, 6) is 2.12. The fraction of sp³-hybridized carbons (Fsp3) is 0.857. The number of rotatable bonds is 2. The number of aryl methyl sites for hydroxylation is 1. The van der Waals surface area contributed by atoms with E-state index in [1.54, 1.807) is 0 Å². The highest BCUT2D eigenvalue weighted by atomic mass is 16.3. The number of hydrogen-bond donors (Lipinski definition) is 1. The number of aliphatic hydroxyl groups excluding tert-OH is 1. The van der Waals surface area contributed by atoms with Gasteiger partial charge in [0.15, 0.2) is 5.82 Å². The SMILES string of the molecule is CC(C)N1CCCCC1c1nnc2n1CC(O)CC2. The van der Waals surface area contributed by atoms with E-state index in [0.29, 0.717) is 18.6 Å². The summed E-state index contributed by atoms with van der Waals surface area (Å²) < 4.78 is 2.17. The zero-order valence-electron chi connectivity index (χ0n) is 11.9. The van der Waals surface area contributed by atoms with Crippen LogP contribution >= 0.6 is 0 Å². The van der Waals surface area contributed by atoms with Crippen molar-refractivity contribution in [2.45, 2.75) is 70.7 Å². The lowest BCUT2D eigenvalue weighted by atomic mass is 9.99. The molecule has 1 aromatic rings. The van der Waals surface area contributed by atoms with E-state index in [9.17, 15) is 5.11 Å². The molecule has 2 atom stereocenters. The average Bonchev–Trinajstić information content (AvgIpc) is 2.81. The Balaban J connectivity index is 1.90. The zero-order chi connectivity index (χ0) is 13.4. The Morgan fingerprint density at radius 3 is 2.84 bits per heavy atom. The van der Waals surface area contributed by atoms with Crippen LogP contribution in [0.25, 0.3) is 0 Å². The first-order valence-electron chi connectivity index (χ1n) is 7.52. The second kappa shape index (κ2) is 5.21. The Morgan fingerprint density at radius 2 is 2.05 bits per heavy atom. The van der Waals surface area contributed by atoms with Crippen molar-refractivity contribution in [1.29, 1.82) is 0 Å². The lowest BCUT2D eigenvalue weighted by molar-refractivity contribution is 0.0931. The van der Waals surface area contributed by atoms with Gasteiger partial charge < -0.3 is 9.67 Å². The van der Waals surface area contributed by atoms with Gasteiger partial charge in [0.05, 0.1) is 18.7 Å². The molecule has 0 saturated carbocycles. The van der Waals surface area contributed by atoms with Gasteiger partial charge >= 0.3 is 0 Å². The number of likely N-dealkylation sites (tertiary alicyclic amines) is 1. The van der Waals surface area contributed by atoms with Crippen LogP contribution in [0.3, 0.4) is 0 Å². The van der Waals surface area contributed by atoms with Crippen molar-refractivity contribution in [3.63, 3.8) is 0 Å². The first-order valence-corrected chi connectivity index (χ1v) is 7.52. The number of aromatic nitrogens is 3. The molecule has 3 rings (SSSR count). The summed E-state index contributed by atoms with van der Waals surface area (Å²) in [5, 5.41) is 18.7. The Kier molecular flexibility index (Phi) is 3.58. The van der Waals surface area contributed by atoms with Crippen molar-refractivity contribution in [2.75, 3.05) is 6.54 Å². The third-order valence-corrected chi connectivity index (χ3v) is 4.46. The molecule has 0 aliphatic carbocycles. The molecule has 1 N–H and O–H groups in total. The van der Waals surface area contributed by atoms with Crippen LogP contribution in [0.15, 0.2) is 0 Å². The van der Waals surface area contributed by atoms with Gasteiger partial charge in [0.1, 0.15) is 5.82 Å². The molecule has 5 nitrogen and oxygen atoms in total. The molecule has 3 heterocycles. The highest BCUT2D eigenvalue weighted by Gasteiger charge is 2.32. The standard InChI is InChI=1S/C14H24N4O/c1-10(2)17-8-4-3-5-12(17)14-16-15-13-7-6-11(19)9-18(13)14/h10-12,19H,3-9H2,1-2H3. The molecular weight excluding hydrogens is 240 g/mol. The van der Waals surface area contributed by atoms with Crippen molar-refractivity contribution in [3.05, 3.63) is 11.6 Å². The maximum atomic E-state index is 9.88. The topological polar surface area (TPSA) is 54.2 Å². The van der Waals surface area contributed by atoms with E-state index in [-0.39, 0.29) is 6.10 Å². The minimum Gasteiger partial charge on any atom is -0.391 e. The van der Waals surface area contributed by atoms with E-state index in [0.717, 1.165) is 37.5 Å². The Morgan fingerprint density at radius 1 is 1.21 bits per heavy atom. The summed E-state index contributed by atoms with van der Waals surface area (Å²) in [4.78, 5) is 2.53. The summed E-state index contributed by atoms with van der Waals surface area (Å²) in [6, 6.07) is 0.909. The van der Waals surface area contributed by atoms with E-state index in [1.807, 2.05) is 0 Å². The number of aliphatic hydroxyl groups is 1. The first-order chi connectivity index (χ1) is 9.16. The molecule has 0 aromatic carbocycles. The smallest absolute Gasteiger partial charge is 0.150 e. The van der Waals surface area contributed by atoms with Gasteiger partial charge in [0.2, 0.25) is 0 Å². The van der Waals surface area contributed by atoms with Gasteiger partial charge in [-0.3, -0.25) is 4.90 Å². The normalized spacial score (nSPS) is 28.6. The molecule has 1 fully saturated rings. The molecule has 2 aliphatic rings. The molecule has 0 spiro atoms. The van der Waals surface area contributed by atoms with Gasteiger partial charge in [0.25, 0.3) is 0 Å². The molecule has 0 radical (unpaired) electrons. The van der Waals surface area contributed by atoms with Crippen LogP contribution in [0.5, 0.6) is 0 Å². The number of hydrogen-bond acceptors (Lipinski definition) is 4. The van der Waals surface area contributed by atoms with Crippen LogP contribution in [0, 0.1) is 0 Å². The Hall–Kier alpha value is -0.940. The van der Waals surface area contributed by atoms with Crippen LogP contribution in [-0.4, -0.2) is 43.5 Å². The second-order valence-corrected chi connectivity index (χ2v) is 6.12. The van der Waals surface area contributed by atoms with Gasteiger partial charge in [-0.15, -0.1) is 10.2 Å². The summed E-state index contributed by atoms with van der Waals surface area (Å²) in [6.07, 6.45) is 5.13. The Labute approximate surface area is 114 Å². The lowest BCUT2D eigenvalue weighted by Crippen LogP contribution is -2.40. The zero-order valence-corrected chi connectivity index (χ0v) is 11.9. The van der Waals surface area contributed by atoms with Crippen molar-refractivity contribution in [3.8, 4) is 0 Å². The van der Waals surface area contributed by atoms with Crippen molar-refractivity contribution in [1.82, 2.24) is 19.7 Å². The quantitative estimate of drug-likeness (QED) is 0.880. The second-order valence-electron chi connectivity index (χ2n) is 6.12. The molecule has 0 amide bonds. The predicted octanol–water partition coefficient (Wildman–Crippen LogP) is 1.52. The molecule has 106 valence electrons. The molecule has 1 aromatic heterocycles. The van der Waals surface area contributed by atoms with Gasteiger partial charge in [0, 0.05) is 12.5 Å². The van der Waals surface area contributed by atoms with Gasteiger partial charge in [-0.05, 0) is 39.7 Å². The van der Waals surface area contributed by atoms with Crippen molar-refractivity contribution in [2.24, 2.45) is 0 Å². The number of fused-ring (bicyclic) bond motifs is 1. The minimum absolute atomic E-state index is 0.238. The average molecular weight is 264 g/mol. The third-order valence-electron chi connectivity index (χ3n) is 4.46. The van der Waals surface area contributed by atoms with E-state index < -0.39 is 0 Å². The lowest BCUT2D eigenvalue weighted by Gasteiger charge is -2.38. The summed E-state index contributed by atoms with van der Waals surface area (Å²) in [5.41, 5.74) is 0. The molecule has 0 bridgehead atoms. The highest BCUT2D eigenvalue weighted by Crippen LogP contribution is 2.32. The maximum absolute atomic E-state index is 9.88. The van der Waals surface area contributed by atoms with Crippen LogP contribution in [0.2, 0.25) is 0 Å². The first kappa shape index (κ1) is 13.1. The van der Waals surface area contributed by atoms with Gasteiger partial charge in [-0.1, -0.05) is 6.42 Å². The van der Waals surface area contributed by atoms with E-state index in [2.05, 4.69) is 33.5 Å². The van der Waals surface area contributed by atoms with E-state index >= 15 is 0 Å². The third kappa shape index (κ3) is 2.41. The Bertz CT molecular complexity index is 443. The summed E-state index contributed by atoms with van der Waals surface area (Å²) >= 11 is 0.